The van der Waals surface area contributed by atoms with E-state index in [1.807, 2.05) is 0 Å². The maximum Gasteiger partial charge on any atom is 0.0220 e. The highest BCUT2D eigenvalue weighted by Crippen LogP contribution is 2.21. The molecule has 1 unspecified atom stereocenters. The molecule has 1 heterocycles. The van der Waals surface area contributed by atoms with E-state index < -0.39 is 0 Å². The molecule has 1 aliphatic heterocycles. The van der Waals surface area contributed by atoms with Crippen molar-refractivity contribution in [2.45, 2.75) is 89.6 Å². The summed E-state index contributed by atoms with van der Waals surface area (Å²) in [6.45, 7) is 6.25. The fourth-order valence-corrected chi connectivity index (χ4v) is 3.27. The number of likely N-dealkylation sites (tertiary alicyclic amines) is 1. The van der Waals surface area contributed by atoms with E-state index in [4.69, 9.17) is 0 Å². The van der Waals surface area contributed by atoms with Gasteiger partial charge in [0.05, 0.1) is 0 Å². The van der Waals surface area contributed by atoms with Crippen molar-refractivity contribution in [1.82, 2.24) is 10.2 Å². The van der Waals surface area contributed by atoms with E-state index in [9.17, 15) is 0 Å². The number of nitrogens with one attached hydrogen (secondary N) is 1. The third kappa shape index (κ3) is 6.27. The maximum absolute atomic E-state index is 3.73. The highest BCUT2D eigenvalue weighted by molar-refractivity contribution is 4.85. The predicted molar refractivity (Wildman–Crippen MR) is 83.6 cm³/mol. The third-order valence-electron chi connectivity index (χ3n) is 4.77. The lowest BCUT2D eigenvalue weighted by Gasteiger charge is -2.36. The monoisotopic (exact) mass is 266 g/mol. The number of hydrogen-bond donors (Lipinski definition) is 1. The van der Waals surface area contributed by atoms with Crippen molar-refractivity contribution in [3.05, 3.63) is 0 Å². The SMILES string of the molecule is CCCCCCCCN1CCCCC1CNC1CC1. The van der Waals surface area contributed by atoms with E-state index >= 15 is 0 Å². The molecule has 0 aromatic carbocycles. The van der Waals surface area contributed by atoms with E-state index in [1.54, 1.807) is 0 Å². The summed E-state index contributed by atoms with van der Waals surface area (Å²) in [6.07, 6.45) is 15.7. The van der Waals surface area contributed by atoms with Gasteiger partial charge in [0.25, 0.3) is 0 Å². The van der Waals surface area contributed by atoms with Gasteiger partial charge in [-0.15, -0.1) is 0 Å². The molecule has 0 amide bonds. The fraction of sp³-hybridized carbons (Fsp3) is 1.00. The van der Waals surface area contributed by atoms with Crippen molar-refractivity contribution in [1.29, 1.82) is 0 Å². The topological polar surface area (TPSA) is 15.3 Å². The van der Waals surface area contributed by atoms with E-state index in [1.165, 1.54) is 90.3 Å². The van der Waals surface area contributed by atoms with Crippen LogP contribution in [-0.4, -0.2) is 36.6 Å². The zero-order chi connectivity index (χ0) is 13.3. The van der Waals surface area contributed by atoms with E-state index in [-0.39, 0.29) is 0 Å². The van der Waals surface area contributed by atoms with E-state index in [0.29, 0.717) is 0 Å². The lowest BCUT2D eigenvalue weighted by Crippen LogP contribution is -2.46. The van der Waals surface area contributed by atoms with E-state index in [2.05, 4.69) is 17.1 Å². The van der Waals surface area contributed by atoms with Crippen LogP contribution in [0.2, 0.25) is 0 Å². The van der Waals surface area contributed by atoms with Gasteiger partial charge in [-0.05, 0) is 45.2 Å². The molecule has 2 aliphatic rings. The zero-order valence-corrected chi connectivity index (χ0v) is 13.0. The van der Waals surface area contributed by atoms with Gasteiger partial charge in [-0.3, -0.25) is 4.90 Å². The first kappa shape index (κ1) is 15.3. The maximum atomic E-state index is 3.73. The van der Waals surface area contributed by atoms with Gasteiger partial charge in [0, 0.05) is 18.6 Å². The largest absolute Gasteiger partial charge is 0.312 e. The molecule has 1 saturated heterocycles. The first-order valence-electron chi connectivity index (χ1n) is 8.87. The van der Waals surface area contributed by atoms with Crippen LogP contribution in [0.25, 0.3) is 0 Å². The predicted octanol–water partition coefficient (Wildman–Crippen LogP) is 3.95. The minimum atomic E-state index is 0.838. The quantitative estimate of drug-likeness (QED) is 0.602. The molecule has 112 valence electrons. The van der Waals surface area contributed by atoms with Crippen LogP contribution in [0, 0.1) is 0 Å². The molecule has 2 nitrogen and oxygen atoms in total. The minimum Gasteiger partial charge on any atom is -0.312 e. The van der Waals surface area contributed by atoms with E-state index in [0.717, 1.165) is 12.1 Å². The van der Waals surface area contributed by atoms with Crippen LogP contribution in [0.15, 0.2) is 0 Å². The van der Waals surface area contributed by atoms with Crippen LogP contribution < -0.4 is 5.32 Å². The van der Waals surface area contributed by atoms with Crippen LogP contribution >= 0.6 is 0 Å². The Kier molecular flexibility index (Phi) is 7.23. The normalized spacial score (nSPS) is 24.8. The Morgan fingerprint density at radius 2 is 1.74 bits per heavy atom. The Balaban J connectivity index is 1.55. The number of nitrogens with zero attached hydrogens (tertiary/aromatic N) is 1. The summed E-state index contributed by atoms with van der Waals surface area (Å²) in [5.41, 5.74) is 0. The van der Waals surface area contributed by atoms with Gasteiger partial charge >= 0.3 is 0 Å². The van der Waals surface area contributed by atoms with Gasteiger partial charge < -0.3 is 5.32 Å². The smallest absolute Gasteiger partial charge is 0.0220 e. The summed E-state index contributed by atoms with van der Waals surface area (Å²) in [6, 6.07) is 1.71. The van der Waals surface area contributed by atoms with Gasteiger partial charge in [-0.2, -0.15) is 0 Å². The van der Waals surface area contributed by atoms with Crippen molar-refractivity contribution < 1.29 is 0 Å². The first-order valence-corrected chi connectivity index (χ1v) is 8.87. The molecule has 1 N–H and O–H groups in total. The van der Waals surface area contributed by atoms with Gasteiger partial charge in [-0.25, -0.2) is 0 Å². The summed E-state index contributed by atoms with van der Waals surface area (Å²) in [5.74, 6) is 0. The molecule has 1 atom stereocenters. The van der Waals surface area contributed by atoms with Crippen molar-refractivity contribution in [3.8, 4) is 0 Å². The summed E-state index contributed by atoms with van der Waals surface area (Å²) >= 11 is 0. The molecule has 0 aromatic rings. The molecule has 2 rings (SSSR count). The Morgan fingerprint density at radius 3 is 2.53 bits per heavy atom. The fourth-order valence-electron chi connectivity index (χ4n) is 3.27. The molecule has 1 saturated carbocycles. The average molecular weight is 266 g/mol. The molecule has 0 bridgehead atoms. The van der Waals surface area contributed by atoms with Gasteiger partial charge in [0.1, 0.15) is 0 Å². The Hall–Kier alpha value is -0.0800. The van der Waals surface area contributed by atoms with Crippen molar-refractivity contribution in [3.63, 3.8) is 0 Å². The highest BCUT2D eigenvalue weighted by atomic mass is 15.2. The van der Waals surface area contributed by atoms with Crippen LogP contribution in [0.1, 0.15) is 77.6 Å². The zero-order valence-electron chi connectivity index (χ0n) is 13.0. The number of piperidine rings is 1. The van der Waals surface area contributed by atoms with Crippen LogP contribution in [0.3, 0.4) is 0 Å². The molecule has 0 spiro atoms. The Bertz CT molecular complexity index is 225. The molecule has 0 radical (unpaired) electrons. The summed E-state index contributed by atoms with van der Waals surface area (Å²) in [5, 5.41) is 3.73. The second kappa shape index (κ2) is 8.97. The van der Waals surface area contributed by atoms with Gasteiger partial charge in [-0.1, -0.05) is 45.4 Å². The Morgan fingerprint density at radius 1 is 0.947 bits per heavy atom. The highest BCUT2D eigenvalue weighted by Gasteiger charge is 2.25. The molecule has 19 heavy (non-hydrogen) atoms. The molecule has 0 aromatic heterocycles. The van der Waals surface area contributed by atoms with Gasteiger partial charge in [0.15, 0.2) is 0 Å². The summed E-state index contributed by atoms with van der Waals surface area (Å²) < 4.78 is 0. The molecular formula is C17H34N2. The molecular weight excluding hydrogens is 232 g/mol. The average Bonchev–Trinajstić information content (AvgIpc) is 3.25. The number of rotatable bonds is 10. The van der Waals surface area contributed by atoms with Crippen molar-refractivity contribution in [2.75, 3.05) is 19.6 Å². The summed E-state index contributed by atoms with van der Waals surface area (Å²) in [4.78, 5) is 2.78. The van der Waals surface area contributed by atoms with Crippen LogP contribution in [0.5, 0.6) is 0 Å². The second-order valence-electron chi connectivity index (χ2n) is 6.64. The van der Waals surface area contributed by atoms with Crippen molar-refractivity contribution >= 4 is 0 Å². The van der Waals surface area contributed by atoms with Crippen LogP contribution in [0.4, 0.5) is 0 Å². The second-order valence-corrected chi connectivity index (χ2v) is 6.64. The first-order chi connectivity index (χ1) is 9.40. The minimum absolute atomic E-state index is 0.838. The van der Waals surface area contributed by atoms with Crippen LogP contribution in [-0.2, 0) is 0 Å². The summed E-state index contributed by atoms with van der Waals surface area (Å²) in [7, 11) is 0. The Labute approximate surface area is 120 Å². The lowest BCUT2D eigenvalue weighted by atomic mass is 10.0. The molecule has 2 fully saturated rings. The van der Waals surface area contributed by atoms with Crippen molar-refractivity contribution in [2.24, 2.45) is 0 Å². The van der Waals surface area contributed by atoms with Gasteiger partial charge in [0.2, 0.25) is 0 Å². The molecule has 2 heteroatoms. The molecule has 1 aliphatic carbocycles. The number of hydrogen-bond acceptors (Lipinski definition) is 2. The third-order valence-corrected chi connectivity index (χ3v) is 4.77. The standard InChI is InChI=1S/C17H34N2/c1-2-3-4-5-6-8-13-19-14-9-7-10-17(19)15-18-16-11-12-16/h16-18H,2-15H2,1H3. The lowest BCUT2D eigenvalue weighted by molar-refractivity contribution is 0.142. The number of unbranched alkanes of at least 4 members (excludes halogenated alkanes) is 5.